The smallest absolute Gasteiger partial charge is 0.0249 e. The van der Waals surface area contributed by atoms with Crippen molar-refractivity contribution in [3.63, 3.8) is 0 Å². The zero-order valence-corrected chi connectivity index (χ0v) is 9.63. The van der Waals surface area contributed by atoms with Crippen molar-refractivity contribution < 1.29 is 0 Å². The van der Waals surface area contributed by atoms with E-state index in [2.05, 4.69) is 24.1 Å². The lowest BCUT2D eigenvalue weighted by Gasteiger charge is -2.30. The fourth-order valence-corrected chi connectivity index (χ4v) is 3.04. The Kier molecular flexibility index (Phi) is 3.45. The minimum atomic E-state index is 0.802. The first kappa shape index (κ1) is 10.4. The number of nitrogens with one attached hydrogen (secondary N) is 1. The van der Waals surface area contributed by atoms with Crippen LogP contribution in [-0.2, 0) is 0 Å². The molecule has 0 aromatic carbocycles. The maximum absolute atomic E-state index is 3.66. The number of hydrogen-bond donors (Lipinski definition) is 1. The maximum atomic E-state index is 3.66. The summed E-state index contributed by atoms with van der Waals surface area (Å²) in [6, 6.07) is 1.65. The molecule has 2 unspecified atom stereocenters. The normalized spacial score (nSPS) is 34.5. The second-order valence-electron chi connectivity index (χ2n) is 5.30. The molecule has 0 saturated carbocycles. The fraction of sp³-hybridized carbons (Fsp3) is 1.00. The van der Waals surface area contributed by atoms with E-state index in [9.17, 15) is 0 Å². The summed E-state index contributed by atoms with van der Waals surface area (Å²) in [5.74, 6) is 0.817. The minimum absolute atomic E-state index is 0.802. The lowest BCUT2D eigenvalue weighted by Crippen LogP contribution is -2.45. The van der Waals surface area contributed by atoms with Crippen molar-refractivity contribution in [2.45, 2.75) is 51.6 Å². The zero-order valence-electron chi connectivity index (χ0n) is 9.63. The molecule has 2 heterocycles. The Balaban J connectivity index is 1.89. The number of likely N-dealkylation sites (tertiary alicyclic amines) is 1. The summed E-state index contributed by atoms with van der Waals surface area (Å²) >= 11 is 0. The quantitative estimate of drug-likeness (QED) is 0.741. The van der Waals surface area contributed by atoms with Crippen molar-refractivity contribution in [3.05, 3.63) is 0 Å². The Morgan fingerprint density at radius 2 is 2.14 bits per heavy atom. The first-order valence-electron chi connectivity index (χ1n) is 6.25. The van der Waals surface area contributed by atoms with Crippen LogP contribution in [0.3, 0.4) is 0 Å². The molecule has 1 N–H and O–H groups in total. The molecule has 0 aromatic rings. The summed E-state index contributed by atoms with van der Waals surface area (Å²) in [5, 5.41) is 3.66. The van der Waals surface area contributed by atoms with E-state index in [0.717, 1.165) is 18.0 Å². The van der Waals surface area contributed by atoms with E-state index in [1.807, 2.05) is 0 Å². The van der Waals surface area contributed by atoms with Crippen molar-refractivity contribution in [2.24, 2.45) is 5.92 Å². The van der Waals surface area contributed by atoms with Crippen LogP contribution in [0.1, 0.15) is 39.5 Å². The van der Waals surface area contributed by atoms with E-state index in [4.69, 9.17) is 0 Å². The molecule has 0 aliphatic carbocycles. The van der Waals surface area contributed by atoms with Gasteiger partial charge < -0.3 is 5.32 Å². The van der Waals surface area contributed by atoms with E-state index >= 15 is 0 Å². The van der Waals surface area contributed by atoms with Crippen LogP contribution in [0.25, 0.3) is 0 Å². The van der Waals surface area contributed by atoms with Gasteiger partial charge >= 0.3 is 0 Å². The van der Waals surface area contributed by atoms with Gasteiger partial charge in [-0.05, 0) is 44.7 Å². The molecule has 0 radical (unpaired) electrons. The number of rotatable bonds is 3. The van der Waals surface area contributed by atoms with Gasteiger partial charge in [0.25, 0.3) is 0 Å². The first-order chi connectivity index (χ1) is 6.77. The van der Waals surface area contributed by atoms with Crippen molar-refractivity contribution in [2.75, 3.05) is 19.6 Å². The predicted octanol–water partition coefficient (Wildman–Crippen LogP) is 1.86. The molecule has 14 heavy (non-hydrogen) atoms. The summed E-state index contributed by atoms with van der Waals surface area (Å²) in [4.78, 5) is 2.72. The molecule has 2 fully saturated rings. The highest BCUT2D eigenvalue weighted by molar-refractivity contribution is 4.92. The van der Waals surface area contributed by atoms with Crippen LogP contribution in [0, 0.1) is 5.92 Å². The standard InChI is InChI=1S/C12H24N2/c1-10(2)9-14-8-4-6-12(14)11-5-3-7-13-11/h10-13H,3-9H2,1-2H3. The molecule has 2 rings (SSSR count). The lowest BCUT2D eigenvalue weighted by atomic mass is 10.0. The summed E-state index contributed by atoms with van der Waals surface area (Å²) in [6.07, 6.45) is 5.62. The van der Waals surface area contributed by atoms with Gasteiger partial charge in [-0.25, -0.2) is 0 Å². The SMILES string of the molecule is CC(C)CN1CCCC1C1CCCN1. The van der Waals surface area contributed by atoms with Crippen LogP contribution in [0.4, 0.5) is 0 Å². The molecule has 2 nitrogen and oxygen atoms in total. The number of hydrogen-bond acceptors (Lipinski definition) is 2. The molecular weight excluding hydrogens is 172 g/mol. The molecule has 0 amide bonds. The van der Waals surface area contributed by atoms with Crippen LogP contribution in [0.15, 0.2) is 0 Å². The molecule has 2 aliphatic rings. The summed E-state index contributed by atoms with van der Waals surface area (Å²) in [6.45, 7) is 8.54. The Bertz CT molecular complexity index is 173. The molecule has 2 atom stereocenters. The van der Waals surface area contributed by atoms with E-state index in [-0.39, 0.29) is 0 Å². The molecule has 82 valence electrons. The highest BCUT2D eigenvalue weighted by Crippen LogP contribution is 2.25. The molecule has 0 spiro atoms. The predicted molar refractivity (Wildman–Crippen MR) is 60.5 cm³/mol. The van der Waals surface area contributed by atoms with Gasteiger partial charge in [-0.1, -0.05) is 13.8 Å². The monoisotopic (exact) mass is 196 g/mol. The van der Waals surface area contributed by atoms with E-state index < -0.39 is 0 Å². The summed E-state index contributed by atoms with van der Waals surface area (Å²) < 4.78 is 0. The Labute approximate surface area is 88.1 Å². The van der Waals surface area contributed by atoms with Crippen molar-refractivity contribution in [1.82, 2.24) is 10.2 Å². The third kappa shape index (κ3) is 2.29. The van der Waals surface area contributed by atoms with Gasteiger partial charge in [-0.3, -0.25) is 4.90 Å². The number of nitrogens with zero attached hydrogens (tertiary/aromatic N) is 1. The van der Waals surface area contributed by atoms with Gasteiger partial charge in [0.2, 0.25) is 0 Å². The van der Waals surface area contributed by atoms with Gasteiger partial charge in [0.15, 0.2) is 0 Å². The third-order valence-electron chi connectivity index (χ3n) is 3.58. The second-order valence-corrected chi connectivity index (χ2v) is 5.30. The van der Waals surface area contributed by atoms with Crippen LogP contribution in [0.5, 0.6) is 0 Å². The van der Waals surface area contributed by atoms with Gasteiger partial charge in [-0.15, -0.1) is 0 Å². The minimum Gasteiger partial charge on any atom is -0.312 e. The van der Waals surface area contributed by atoms with Gasteiger partial charge in [0.05, 0.1) is 0 Å². The van der Waals surface area contributed by atoms with E-state index in [1.165, 1.54) is 45.3 Å². The molecule has 0 bridgehead atoms. The topological polar surface area (TPSA) is 15.3 Å². The molecule has 2 aliphatic heterocycles. The van der Waals surface area contributed by atoms with E-state index in [1.54, 1.807) is 0 Å². The van der Waals surface area contributed by atoms with Crippen molar-refractivity contribution in [3.8, 4) is 0 Å². The second kappa shape index (κ2) is 4.63. The van der Waals surface area contributed by atoms with Crippen LogP contribution in [-0.4, -0.2) is 36.6 Å². The third-order valence-corrected chi connectivity index (χ3v) is 3.58. The Morgan fingerprint density at radius 1 is 1.29 bits per heavy atom. The van der Waals surface area contributed by atoms with Crippen LogP contribution in [0.2, 0.25) is 0 Å². The largest absolute Gasteiger partial charge is 0.312 e. The highest BCUT2D eigenvalue weighted by atomic mass is 15.2. The van der Waals surface area contributed by atoms with Gasteiger partial charge in [0.1, 0.15) is 0 Å². The summed E-state index contributed by atoms with van der Waals surface area (Å²) in [5.41, 5.74) is 0. The van der Waals surface area contributed by atoms with Crippen molar-refractivity contribution >= 4 is 0 Å². The lowest BCUT2D eigenvalue weighted by molar-refractivity contribution is 0.193. The molecule has 2 heteroatoms. The maximum Gasteiger partial charge on any atom is 0.0249 e. The fourth-order valence-electron chi connectivity index (χ4n) is 3.04. The summed E-state index contributed by atoms with van der Waals surface area (Å²) in [7, 11) is 0. The van der Waals surface area contributed by atoms with Gasteiger partial charge in [0, 0.05) is 18.6 Å². The van der Waals surface area contributed by atoms with E-state index in [0.29, 0.717) is 0 Å². The van der Waals surface area contributed by atoms with Crippen LogP contribution >= 0.6 is 0 Å². The zero-order chi connectivity index (χ0) is 9.97. The molecular formula is C12H24N2. The van der Waals surface area contributed by atoms with Crippen molar-refractivity contribution in [1.29, 1.82) is 0 Å². The highest BCUT2D eigenvalue weighted by Gasteiger charge is 2.32. The van der Waals surface area contributed by atoms with Crippen LogP contribution < -0.4 is 5.32 Å². The molecule has 0 aromatic heterocycles. The molecule has 2 saturated heterocycles. The Hall–Kier alpha value is -0.0800. The van der Waals surface area contributed by atoms with Gasteiger partial charge in [-0.2, -0.15) is 0 Å². The average Bonchev–Trinajstić information content (AvgIpc) is 2.70. The Morgan fingerprint density at radius 3 is 2.79 bits per heavy atom. The average molecular weight is 196 g/mol. The first-order valence-corrected chi connectivity index (χ1v) is 6.25.